The molecule has 0 radical (unpaired) electrons. The molecule has 1 heterocycles. The number of allylic oxidation sites excluding steroid dienone is 6. The number of likely N-dealkylation sites (N-methyl/N-ethyl adjacent to an activating group) is 1. The normalized spacial score (nSPS) is 19.2. The summed E-state index contributed by atoms with van der Waals surface area (Å²) in [4.78, 5) is 13.9. The number of unbranched alkanes of at least 4 members (excludes halogenated alkanes) is 1. The fraction of sp³-hybridized carbons (Fsp3) is 0.423. The molecule has 8 heteroatoms. The first-order valence-corrected chi connectivity index (χ1v) is 12.0. The molecule has 2 N–H and O–H groups in total. The fourth-order valence-electron chi connectivity index (χ4n) is 4.14. The number of thiocarbonyl (C=S) groups is 1. The molecule has 34 heavy (non-hydrogen) atoms. The van der Waals surface area contributed by atoms with Crippen LogP contribution in [0.25, 0.3) is 0 Å². The van der Waals surface area contributed by atoms with Gasteiger partial charge in [-0.25, -0.2) is 0 Å². The van der Waals surface area contributed by atoms with E-state index in [-0.39, 0.29) is 16.9 Å². The largest absolute Gasteiger partial charge is 0.493 e. The van der Waals surface area contributed by atoms with Gasteiger partial charge >= 0.3 is 5.70 Å². The third-order valence-corrected chi connectivity index (χ3v) is 6.44. The molecule has 0 atom stereocenters. The van der Waals surface area contributed by atoms with Crippen LogP contribution in [0.5, 0.6) is 5.75 Å². The topological polar surface area (TPSA) is 90.9 Å². The number of hydrogen-bond donors (Lipinski definition) is 1. The molecule has 182 valence electrons. The summed E-state index contributed by atoms with van der Waals surface area (Å²) < 4.78 is 11.5. The van der Waals surface area contributed by atoms with Crippen LogP contribution in [0, 0.1) is 10.1 Å². The van der Waals surface area contributed by atoms with Crippen molar-refractivity contribution in [2.75, 3.05) is 31.7 Å². The second-order valence-electron chi connectivity index (χ2n) is 8.89. The van der Waals surface area contributed by atoms with Gasteiger partial charge in [0.2, 0.25) is 0 Å². The van der Waals surface area contributed by atoms with E-state index in [2.05, 4.69) is 24.8 Å². The second kappa shape index (κ2) is 11.0. The van der Waals surface area contributed by atoms with Crippen LogP contribution in [-0.2, 0) is 10.2 Å². The molecule has 0 bridgehead atoms. The maximum absolute atomic E-state index is 11.6. The standard InChI is InChI=1S/C26H33N3O4S/c1-5-6-13-33-23-17-24(34)18(15-22(23)29(30)31)8-11-25-26(2,3)20-10-9-19(32-14-7-12-27)16-21(20)28(25)4/h8-11,15-17H,5-7,12-14,27H2,1-4H3. The molecular weight excluding hydrogens is 450 g/mol. The van der Waals surface area contributed by atoms with Crippen LogP contribution in [0.15, 0.2) is 65.2 Å². The lowest BCUT2D eigenvalue weighted by Gasteiger charge is -2.24. The van der Waals surface area contributed by atoms with Crippen molar-refractivity contribution in [1.82, 2.24) is 0 Å². The average molecular weight is 484 g/mol. The van der Waals surface area contributed by atoms with Gasteiger partial charge in [0.25, 0.3) is 0 Å². The Bertz CT molecular complexity index is 1090. The van der Waals surface area contributed by atoms with Gasteiger partial charge in [-0.1, -0.05) is 51.6 Å². The Morgan fingerprint density at radius 3 is 2.59 bits per heavy atom. The summed E-state index contributed by atoms with van der Waals surface area (Å²) in [6, 6.07) is 6.12. The van der Waals surface area contributed by atoms with Gasteiger partial charge in [0.1, 0.15) is 5.75 Å². The lowest BCUT2D eigenvalue weighted by Crippen LogP contribution is -2.22. The maximum atomic E-state index is 11.6. The van der Waals surface area contributed by atoms with Gasteiger partial charge in [-0.3, -0.25) is 10.1 Å². The van der Waals surface area contributed by atoms with Gasteiger partial charge < -0.3 is 20.1 Å². The molecule has 3 rings (SSSR count). The zero-order valence-corrected chi connectivity index (χ0v) is 21.1. The number of nitro groups is 1. The number of benzene rings is 1. The van der Waals surface area contributed by atoms with Crippen LogP contribution in [0.4, 0.5) is 5.69 Å². The number of hydrogen-bond acceptors (Lipinski definition) is 7. The molecule has 1 aliphatic heterocycles. The lowest BCUT2D eigenvalue weighted by molar-refractivity contribution is -0.424. The highest BCUT2D eigenvalue weighted by molar-refractivity contribution is 7.81. The van der Waals surface area contributed by atoms with Crippen LogP contribution in [-0.4, -0.2) is 36.6 Å². The SMILES string of the molecule is CCCCOC1=CC(=S)C(=CC=C2N(C)c3cc(OCCCN)ccc3C2(C)C)C=C1[N+](=O)[O-]. The summed E-state index contributed by atoms with van der Waals surface area (Å²) in [5.74, 6) is 1.03. The zero-order chi connectivity index (χ0) is 24.9. The van der Waals surface area contributed by atoms with E-state index in [4.69, 9.17) is 27.4 Å². The minimum Gasteiger partial charge on any atom is -0.493 e. The van der Waals surface area contributed by atoms with Gasteiger partial charge in [0.05, 0.1) is 18.1 Å². The van der Waals surface area contributed by atoms with E-state index in [1.807, 2.05) is 38.3 Å². The molecule has 1 aromatic rings. The Labute approximate surface area is 206 Å². The van der Waals surface area contributed by atoms with Crippen LogP contribution in [0.3, 0.4) is 0 Å². The summed E-state index contributed by atoms with van der Waals surface area (Å²) in [6.45, 7) is 7.95. The van der Waals surface area contributed by atoms with Crippen LogP contribution in [0.1, 0.15) is 45.6 Å². The molecule has 0 unspecified atom stereocenters. The Morgan fingerprint density at radius 1 is 1.18 bits per heavy atom. The molecule has 0 saturated heterocycles. The Morgan fingerprint density at radius 2 is 1.91 bits per heavy atom. The van der Waals surface area contributed by atoms with E-state index < -0.39 is 4.92 Å². The van der Waals surface area contributed by atoms with Gasteiger partial charge in [-0.15, -0.1) is 0 Å². The maximum Gasteiger partial charge on any atom is 0.311 e. The number of ether oxygens (including phenoxy) is 2. The van der Waals surface area contributed by atoms with Crippen molar-refractivity contribution >= 4 is 22.8 Å². The summed E-state index contributed by atoms with van der Waals surface area (Å²) >= 11 is 5.53. The van der Waals surface area contributed by atoms with Crippen molar-refractivity contribution < 1.29 is 14.4 Å². The number of rotatable bonds is 10. The number of nitrogens with zero attached hydrogens (tertiary/aromatic N) is 2. The van der Waals surface area contributed by atoms with Crippen molar-refractivity contribution in [3.05, 3.63) is 80.9 Å². The summed E-state index contributed by atoms with van der Waals surface area (Å²) in [6.07, 6.45) is 9.49. The van der Waals surface area contributed by atoms with Crippen molar-refractivity contribution in [3.63, 3.8) is 0 Å². The average Bonchev–Trinajstić information content (AvgIpc) is 2.98. The van der Waals surface area contributed by atoms with E-state index >= 15 is 0 Å². The highest BCUT2D eigenvalue weighted by Crippen LogP contribution is 2.48. The Hall–Kier alpha value is -2.97. The molecule has 2 aliphatic rings. The molecule has 0 spiro atoms. The number of nitrogens with two attached hydrogens (primary N) is 1. The van der Waals surface area contributed by atoms with E-state index in [9.17, 15) is 10.1 Å². The predicted molar refractivity (Wildman–Crippen MR) is 140 cm³/mol. The number of anilines is 1. The molecule has 0 aromatic heterocycles. The quantitative estimate of drug-likeness (QED) is 0.161. The van der Waals surface area contributed by atoms with Crippen LogP contribution in [0.2, 0.25) is 0 Å². The smallest absolute Gasteiger partial charge is 0.311 e. The predicted octanol–water partition coefficient (Wildman–Crippen LogP) is 5.20. The van der Waals surface area contributed by atoms with Crippen LogP contribution < -0.4 is 15.4 Å². The molecule has 0 saturated carbocycles. The van der Waals surface area contributed by atoms with E-state index in [1.165, 1.54) is 11.6 Å². The summed E-state index contributed by atoms with van der Waals surface area (Å²) in [5.41, 5.74) is 9.16. The van der Waals surface area contributed by atoms with E-state index in [1.54, 1.807) is 6.08 Å². The summed E-state index contributed by atoms with van der Waals surface area (Å²) in [5, 5.41) is 11.6. The van der Waals surface area contributed by atoms with Crippen molar-refractivity contribution in [1.29, 1.82) is 0 Å². The van der Waals surface area contributed by atoms with Crippen molar-refractivity contribution in [2.24, 2.45) is 5.73 Å². The van der Waals surface area contributed by atoms with Gasteiger partial charge in [0.15, 0.2) is 5.76 Å². The van der Waals surface area contributed by atoms with Gasteiger partial charge in [0, 0.05) is 46.9 Å². The Balaban J connectivity index is 1.89. The minimum absolute atomic E-state index is 0.0732. The lowest BCUT2D eigenvalue weighted by atomic mass is 9.83. The Kier molecular flexibility index (Phi) is 8.28. The fourth-order valence-corrected chi connectivity index (χ4v) is 4.37. The zero-order valence-electron chi connectivity index (χ0n) is 20.3. The van der Waals surface area contributed by atoms with E-state index in [0.717, 1.165) is 36.4 Å². The molecular formula is C26H33N3O4S. The third kappa shape index (κ3) is 5.39. The van der Waals surface area contributed by atoms with E-state index in [0.29, 0.717) is 30.2 Å². The highest BCUT2D eigenvalue weighted by Gasteiger charge is 2.38. The monoisotopic (exact) mass is 483 g/mol. The minimum atomic E-state index is -0.422. The molecule has 0 fully saturated rings. The molecule has 1 aliphatic carbocycles. The van der Waals surface area contributed by atoms with Gasteiger partial charge in [-0.05, 0) is 42.7 Å². The first kappa shape index (κ1) is 25.6. The van der Waals surface area contributed by atoms with Gasteiger partial charge in [-0.2, -0.15) is 0 Å². The van der Waals surface area contributed by atoms with Crippen LogP contribution >= 0.6 is 12.2 Å². The first-order chi connectivity index (χ1) is 16.2. The second-order valence-corrected chi connectivity index (χ2v) is 9.33. The number of fused-ring (bicyclic) bond motifs is 1. The molecule has 1 aromatic carbocycles. The van der Waals surface area contributed by atoms with Crippen molar-refractivity contribution in [3.8, 4) is 5.75 Å². The summed E-state index contributed by atoms with van der Waals surface area (Å²) in [7, 11) is 2.01. The molecule has 0 amide bonds. The van der Waals surface area contributed by atoms with Crippen molar-refractivity contribution in [2.45, 2.75) is 45.4 Å². The third-order valence-electron chi connectivity index (χ3n) is 6.09. The molecule has 7 nitrogen and oxygen atoms in total. The first-order valence-electron chi connectivity index (χ1n) is 11.6. The highest BCUT2D eigenvalue weighted by atomic mass is 32.1.